The number of hydrogen-bond acceptors (Lipinski definition) is 8. The molecule has 3 atom stereocenters. The molecule has 1 fully saturated rings. The van der Waals surface area contributed by atoms with Gasteiger partial charge < -0.3 is 28.8 Å². The summed E-state index contributed by atoms with van der Waals surface area (Å²) >= 11 is 0. The van der Waals surface area contributed by atoms with Crippen LogP contribution in [0.5, 0.6) is 11.5 Å². The molecular formula is C32H34N2O8. The van der Waals surface area contributed by atoms with E-state index in [9.17, 15) is 14.7 Å². The highest BCUT2D eigenvalue weighted by Gasteiger charge is 2.52. The summed E-state index contributed by atoms with van der Waals surface area (Å²) in [4.78, 5) is 26.8. The van der Waals surface area contributed by atoms with Crippen LogP contribution < -0.4 is 20.7 Å². The average Bonchev–Trinajstić information content (AvgIpc) is 3.36. The largest absolute Gasteiger partial charge is 0.497 e. The van der Waals surface area contributed by atoms with Crippen LogP contribution in [0, 0.1) is 6.92 Å². The van der Waals surface area contributed by atoms with Gasteiger partial charge in [-0.05, 0) is 47.9 Å². The lowest BCUT2D eigenvalue weighted by molar-refractivity contribution is -0.284. The number of aromatic amines is 1. The van der Waals surface area contributed by atoms with E-state index in [0.717, 1.165) is 16.7 Å². The number of aromatic nitrogens is 2. The number of benzene rings is 3. The maximum atomic E-state index is 12.6. The smallest absolute Gasteiger partial charge is 0.330 e. The summed E-state index contributed by atoms with van der Waals surface area (Å²) in [5, 5.41) is 11.3. The van der Waals surface area contributed by atoms with Gasteiger partial charge in [0, 0.05) is 25.3 Å². The molecule has 5 rings (SSSR count). The molecule has 2 N–H and O–H groups in total. The van der Waals surface area contributed by atoms with Crippen LogP contribution in [0.2, 0.25) is 0 Å². The Morgan fingerprint density at radius 1 is 0.905 bits per heavy atom. The van der Waals surface area contributed by atoms with Crippen LogP contribution in [0.15, 0.2) is 94.6 Å². The van der Waals surface area contributed by atoms with E-state index in [2.05, 4.69) is 4.98 Å². The summed E-state index contributed by atoms with van der Waals surface area (Å²) in [5.74, 6) is -0.265. The molecule has 10 nitrogen and oxygen atoms in total. The van der Waals surface area contributed by atoms with Crippen molar-refractivity contribution in [2.24, 2.45) is 0 Å². The van der Waals surface area contributed by atoms with Gasteiger partial charge in [0.2, 0.25) is 5.79 Å². The average molecular weight is 575 g/mol. The van der Waals surface area contributed by atoms with Gasteiger partial charge >= 0.3 is 5.69 Å². The van der Waals surface area contributed by atoms with Gasteiger partial charge in [-0.1, -0.05) is 54.6 Å². The Balaban J connectivity index is 1.60. The summed E-state index contributed by atoms with van der Waals surface area (Å²) in [6.07, 6.45) is -0.619. The van der Waals surface area contributed by atoms with Crippen LogP contribution in [0.1, 0.15) is 34.9 Å². The molecule has 0 aliphatic carbocycles. The van der Waals surface area contributed by atoms with Crippen molar-refractivity contribution in [1.82, 2.24) is 9.55 Å². The third-order valence-electron chi connectivity index (χ3n) is 7.73. The molecule has 3 aromatic carbocycles. The van der Waals surface area contributed by atoms with Crippen molar-refractivity contribution in [3.63, 3.8) is 0 Å². The molecule has 1 saturated heterocycles. The van der Waals surface area contributed by atoms with E-state index in [-0.39, 0.29) is 13.0 Å². The summed E-state index contributed by atoms with van der Waals surface area (Å²) < 4.78 is 31.0. The van der Waals surface area contributed by atoms with Crippen LogP contribution in [0.25, 0.3) is 0 Å². The molecule has 220 valence electrons. The van der Waals surface area contributed by atoms with Gasteiger partial charge in [-0.3, -0.25) is 14.3 Å². The quantitative estimate of drug-likeness (QED) is 0.276. The van der Waals surface area contributed by atoms with Gasteiger partial charge in [0.15, 0.2) is 0 Å². The summed E-state index contributed by atoms with van der Waals surface area (Å²) in [6.45, 7) is 1.37. The Hall–Kier alpha value is -4.22. The second-order valence-corrected chi connectivity index (χ2v) is 10.1. The predicted molar refractivity (Wildman–Crippen MR) is 155 cm³/mol. The van der Waals surface area contributed by atoms with E-state index in [1.165, 1.54) is 17.9 Å². The fourth-order valence-electron chi connectivity index (χ4n) is 5.35. The van der Waals surface area contributed by atoms with E-state index in [1.54, 1.807) is 21.1 Å². The number of hydrogen-bond donors (Lipinski definition) is 2. The van der Waals surface area contributed by atoms with Crippen LogP contribution in [-0.4, -0.2) is 54.5 Å². The number of aliphatic hydroxyl groups excluding tert-OH is 1. The Labute approximate surface area is 243 Å². The molecule has 1 aromatic heterocycles. The van der Waals surface area contributed by atoms with E-state index < -0.39 is 35.0 Å². The molecule has 0 spiro atoms. The SMILES string of the molecule is COc1ccc(C(OC[C@@]2(OC)O[C@@H](n3cc(C)c(=O)[nH]c3=O)C[C@@H]2O)(c2ccccc2)c2ccc(OC)cc2)cc1. The van der Waals surface area contributed by atoms with Crippen molar-refractivity contribution in [3.05, 3.63) is 128 Å². The number of nitrogens with zero attached hydrogens (tertiary/aromatic N) is 1. The fourth-order valence-corrected chi connectivity index (χ4v) is 5.35. The van der Waals surface area contributed by atoms with E-state index in [1.807, 2.05) is 78.9 Å². The lowest BCUT2D eigenvalue weighted by Gasteiger charge is -2.40. The number of methoxy groups -OCH3 is 3. The predicted octanol–water partition coefficient (Wildman–Crippen LogP) is 3.49. The molecule has 1 aliphatic heterocycles. The molecule has 0 saturated carbocycles. The Kier molecular flexibility index (Phi) is 8.33. The highest BCUT2D eigenvalue weighted by Crippen LogP contribution is 2.44. The number of nitrogens with one attached hydrogen (secondary N) is 1. The van der Waals surface area contributed by atoms with Crippen molar-refractivity contribution in [2.75, 3.05) is 27.9 Å². The van der Waals surface area contributed by atoms with Gasteiger partial charge in [0.05, 0.1) is 14.2 Å². The molecule has 0 radical (unpaired) electrons. The van der Waals surface area contributed by atoms with Gasteiger partial charge in [-0.25, -0.2) is 4.79 Å². The second-order valence-electron chi connectivity index (χ2n) is 10.1. The number of aryl methyl sites for hydroxylation is 1. The highest BCUT2D eigenvalue weighted by molar-refractivity contribution is 5.49. The number of H-pyrrole nitrogens is 1. The molecule has 10 heteroatoms. The number of rotatable bonds is 10. The van der Waals surface area contributed by atoms with E-state index >= 15 is 0 Å². The van der Waals surface area contributed by atoms with Crippen LogP contribution in [0.4, 0.5) is 0 Å². The Bertz CT molecular complexity index is 1570. The van der Waals surface area contributed by atoms with Gasteiger partial charge in [-0.2, -0.15) is 0 Å². The maximum Gasteiger partial charge on any atom is 0.330 e. The first-order valence-electron chi connectivity index (χ1n) is 13.5. The fraction of sp³-hybridized carbons (Fsp3) is 0.312. The van der Waals surface area contributed by atoms with Gasteiger partial charge in [0.1, 0.15) is 36.0 Å². The monoisotopic (exact) mass is 574 g/mol. The molecule has 1 aliphatic rings. The molecular weight excluding hydrogens is 540 g/mol. The topological polar surface area (TPSA) is 121 Å². The van der Waals surface area contributed by atoms with Gasteiger partial charge in [-0.15, -0.1) is 0 Å². The van der Waals surface area contributed by atoms with Crippen molar-refractivity contribution >= 4 is 0 Å². The standard InChI is InChI=1S/C32H34N2O8/c1-21-19-34(30(37)33-29(21)36)28-18-27(35)31(40-4,42-28)20-41-32(22-8-6-5-7-9-22,23-10-14-25(38-2)15-11-23)24-12-16-26(39-3)17-13-24/h5-17,19,27-28,35H,18,20H2,1-4H3,(H,33,36,37)/t27-,28+,31+/m0/s1. The van der Waals surface area contributed by atoms with Crippen LogP contribution >= 0.6 is 0 Å². The van der Waals surface area contributed by atoms with Crippen LogP contribution in [0.3, 0.4) is 0 Å². The maximum absolute atomic E-state index is 12.6. The Morgan fingerprint density at radius 3 is 1.98 bits per heavy atom. The zero-order valence-electron chi connectivity index (χ0n) is 23.9. The van der Waals surface area contributed by atoms with Crippen molar-refractivity contribution < 1.29 is 28.8 Å². The molecule has 0 bridgehead atoms. The highest BCUT2D eigenvalue weighted by atomic mass is 16.7. The zero-order chi connectivity index (χ0) is 29.9. The summed E-state index contributed by atoms with van der Waals surface area (Å²) in [6, 6.07) is 24.8. The Morgan fingerprint density at radius 2 is 1.45 bits per heavy atom. The summed E-state index contributed by atoms with van der Waals surface area (Å²) in [7, 11) is 4.62. The summed E-state index contributed by atoms with van der Waals surface area (Å²) in [5.41, 5.74) is 0.431. The molecule has 4 aromatic rings. The third kappa shape index (κ3) is 5.25. The first-order valence-corrected chi connectivity index (χ1v) is 13.5. The van der Waals surface area contributed by atoms with Crippen molar-refractivity contribution in [2.45, 2.75) is 37.1 Å². The number of ether oxygens (including phenoxy) is 5. The molecule has 42 heavy (non-hydrogen) atoms. The van der Waals surface area contributed by atoms with Gasteiger partial charge in [0.25, 0.3) is 5.56 Å². The minimum absolute atomic E-state index is 0.0337. The minimum atomic E-state index is -1.63. The number of aliphatic hydroxyl groups is 1. The first kappa shape index (κ1) is 29.3. The molecule has 0 amide bonds. The normalized spacial score (nSPS) is 20.4. The lowest BCUT2D eigenvalue weighted by atomic mass is 9.80. The second kappa shape index (κ2) is 11.9. The first-order chi connectivity index (χ1) is 20.3. The lowest BCUT2D eigenvalue weighted by Crippen LogP contribution is -2.49. The molecule has 0 unspecified atom stereocenters. The van der Waals surface area contributed by atoms with Crippen LogP contribution in [-0.2, 0) is 19.8 Å². The zero-order valence-corrected chi connectivity index (χ0v) is 23.9. The van der Waals surface area contributed by atoms with Crippen molar-refractivity contribution in [3.8, 4) is 11.5 Å². The molecule has 2 heterocycles. The van der Waals surface area contributed by atoms with Crippen molar-refractivity contribution in [1.29, 1.82) is 0 Å². The van der Waals surface area contributed by atoms with E-state index in [4.69, 9.17) is 23.7 Å². The minimum Gasteiger partial charge on any atom is -0.497 e. The van der Waals surface area contributed by atoms with E-state index in [0.29, 0.717) is 17.1 Å². The third-order valence-corrected chi connectivity index (χ3v) is 7.73.